The zero-order chi connectivity index (χ0) is 38.0. The van der Waals surface area contributed by atoms with E-state index >= 15 is 0 Å². The average molecular weight is 715 g/mol. The molecule has 4 rings (SSSR count). The van der Waals surface area contributed by atoms with Gasteiger partial charge < -0.3 is 30.3 Å². The van der Waals surface area contributed by atoms with E-state index in [1.165, 1.54) is 12.0 Å². The van der Waals surface area contributed by atoms with Crippen LogP contribution in [0.5, 0.6) is 5.75 Å². The van der Waals surface area contributed by atoms with E-state index < -0.39 is 41.6 Å². The molecule has 2 atom stereocenters. The van der Waals surface area contributed by atoms with Crippen LogP contribution >= 0.6 is 0 Å². The van der Waals surface area contributed by atoms with Crippen molar-refractivity contribution >= 4 is 41.7 Å². The summed E-state index contributed by atoms with van der Waals surface area (Å²) in [5, 5.41) is 8.57. The third-order valence-corrected chi connectivity index (χ3v) is 8.68. The number of esters is 1. The lowest BCUT2D eigenvalue weighted by Gasteiger charge is -2.40. The first-order valence-corrected chi connectivity index (χ1v) is 17.5. The number of nitrogens with zero attached hydrogens (tertiary/aromatic N) is 3. The van der Waals surface area contributed by atoms with E-state index in [1.54, 1.807) is 62.6 Å². The fourth-order valence-electron chi connectivity index (χ4n) is 5.70. The molecular weight excluding hydrogens is 664 g/mol. The van der Waals surface area contributed by atoms with Crippen LogP contribution in [0, 0.1) is 12.8 Å². The number of aromatic nitrogens is 1. The second-order valence-corrected chi connectivity index (χ2v) is 14.3. The molecule has 3 N–H and O–H groups in total. The largest absolute Gasteiger partial charge is 0.495 e. The van der Waals surface area contributed by atoms with E-state index in [0.29, 0.717) is 34.7 Å². The Morgan fingerprint density at radius 1 is 0.981 bits per heavy atom. The number of methoxy groups -OCH3 is 1. The van der Waals surface area contributed by atoms with Crippen molar-refractivity contribution in [1.82, 2.24) is 20.1 Å². The summed E-state index contributed by atoms with van der Waals surface area (Å²) in [4.78, 5) is 73.2. The van der Waals surface area contributed by atoms with E-state index in [0.717, 1.165) is 23.3 Å². The van der Waals surface area contributed by atoms with Crippen LogP contribution in [0.25, 0.3) is 0 Å². The molecule has 1 aliphatic rings. The highest BCUT2D eigenvalue weighted by atomic mass is 16.5. The lowest BCUT2D eigenvalue weighted by molar-refractivity contribution is -0.148. The summed E-state index contributed by atoms with van der Waals surface area (Å²) >= 11 is 0. The summed E-state index contributed by atoms with van der Waals surface area (Å²) in [5.74, 6) is -0.509. The Morgan fingerprint density at radius 2 is 1.65 bits per heavy atom. The van der Waals surface area contributed by atoms with Gasteiger partial charge in [-0.05, 0) is 101 Å². The minimum Gasteiger partial charge on any atom is -0.495 e. The standard InChI is InChI=1S/C39H50N6O7/c1-25(2)52-35(47)22-32(29-16-18-40-19-17-29)41-36(48)33(20-27-12-13-27)44(24-46)38(50)45(39(4,5)6)23-28-14-15-31(34(21-28)51-7)43-37(49)42-30-11-9-8-10-26(30)3/h8-11,14-19,21,24-25,27,32-33H,12-13,20,22-23H2,1-7H3,(H,41,48)(H2,42,43,49). The molecule has 1 aliphatic carbocycles. The molecule has 3 aromatic rings. The summed E-state index contributed by atoms with van der Waals surface area (Å²) in [6.07, 6.45) is 5.08. The summed E-state index contributed by atoms with van der Waals surface area (Å²) in [7, 11) is 1.48. The van der Waals surface area contributed by atoms with E-state index in [1.807, 2.05) is 45.9 Å². The van der Waals surface area contributed by atoms with Gasteiger partial charge in [0.05, 0.1) is 31.4 Å². The quantitative estimate of drug-likeness (QED) is 0.118. The number of imide groups is 1. The Kier molecular flexibility index (Phi) is 13.4. The predicted molar refractivity (Wildman–Crippen MR) is 198 cm³/mol. The third-order valence-electron chi connectivity index (χ3n) is 8.68. The molecule has 0 aliphatic heterocycles. The van der Waals surface area contributed by atoms with Gasteiger partial charge in [0.2, 0.25) is 12.3 Å². The van der Waals surface area contributed by atoms with Crippen molar-refractivity contribution in [3.63, 3.8) is 0 Å². The van der Waals surface area contributed by atoms with Gasteiger partial charge in [-0.2, -0.15) is 0 Å². The monoisotopic (exact) mass is 714 g/mol. The number of nitrogens with one attached hydrogen (secondary N) is 3. The van der Waals surface area contributed by atoms with Crippen LogP contribution in [-0.2, 0) is 25.7 Å². The van der Waals surface area contributed by atoms with Gasteiger partial charge in [0.25, 0.3) is 0 Å². The van der Waals surface area contributed by atoms with Gasteiger partial charge in [-0.15, -0.1) is 0 Å². The molecule has 0 bridgehead atoms. The van der Waals surface area contributed by atoms with Crippen LogP contribution in [0.15, 0.2) is 67.0 Å². The van der Waals surface area contributed by atoms with Gasteiger partial charge in [0, 0.05) is 30.2 Å². The molecule has 1 aromatic heterocycles. The second-order valence-electron chi connectivity index (χ2n) is 14.3. The SMILES string of the molecule is COc1cc(CN(C(=O)N(C=O)C(CC2CC2)C(=O)NC(CC(=O)OC(C)C)c2ccncc2)C(C)(C)C)ccc1NC(=O)Nc1ccccc1C. The van der Waals surface area contributed by atoms with Crippen LogP contribution in [0.3, 0.4) is 0 Å². The number of carbonyl (C=O) groups excluding carboxylic acids is 5. The molecule has 6 amide bonds. The number of benzene rings is 2. The highest BCUT2D eigenvalue weighted by Gasteiger charge is 2.40. The van der Waals surface area contributed by atoms with Crippen molar-refractivity contribution in [2.24, 2.45) is 5.92 Å². The first-order chi connectivity index (χ1) is 24.7. The summed E-state index contributed by atoms with van der Waals surface area (Å²) in [5.41, 5.74) is 2.52. The zero-order valence-electron chi connectivity index (χ0n) is 31.0. The van der Waals surface area contributed by atoms with E-state index in [2.05, 4.69) is 20.9 Å². The number of carbonyl (C=O) groups is 5. The van der Waals surface area contributed by atoms with Gasteiger partial charge in [-0.3, -0.25) is 24.3 Å². The highest BCUT2D eigenvalue weighted by molar-refractivity contribution is 6.01. The van der Waals surface area contributed by atoms with Crippen molar-refractivity contribution in [2.75, 3.05) is 17.7 Å². The molecule has 278 valence electrons. The Morgan fingerprint density at radius 3 is 2.25 bits per heavy atom. The predicted octanol–water partition coefficient (Wildman–Crippen LogP) is 6.59. The topological polar surface area (TPSA) is 159 Å². The molecule has 0 spiro atoms. The molecule has 52 heavy (non-hydrogen) atoms. The summed E-state index contributed by atoms with van der Waals surface area (Å²) in [6.45, 7) is 11.0. The Balaban J connectivity index is 1.56. The lowest BCUT2D eigenvalue weighted by atomic mass is 10.0. The molecule has 13 heteroatoms. The van der Waals surface area contributed by atoms with Crippen molar-refractivity contribution in [3.8, 4) is 5.75 Å². The lowest BCUT2D eigenvalue weighted by Crippen LogP contribution is -2.57. The number of hydrogen-bond donors (Lipinski definition) is 3. The molecule has 1 saturated carbocycles. The van der Waals surface area contributed by atoms with E-state index in [-0.39, 0.29) is 31.4 Å². The number of urea groups is 2. The van der Waals surface area contributed by atoms with Crippen LogP contribution < -0.4 is 20.7 Å². The van der Waals surface area contributed by atoms with Gasteiger partial charge in [-0.25, -0.2) is 9.59 Å². The van der Waals surface area contributed by atoms with Crippen molar-refractivity contribution in [3.05, 3.63) is 83.7 Å². The number of amides is 6. The second kappa shape index (κ2) is 17.7. The highest BCUT2D eigenvalue weighted by Crippen LogP contribution is 2.36. The smallest absolute Gasteiger partial charge is 0.327 e. The minimum absolute atomic E-state index is 0.0666. The first-order valence-electron chi connectivity index (χ1n) is 17.5. The molecular formula is C39H50N6O7. The fourth-order valence-corrected chi connectivity index (χ4v) is 5.70. The molecule has 0 saturated heterocycles. The van der Waals surface area contributed by atoms with Crippen molar-refractivity contribution in [2.45, 2.75) is 97.5 Å². The number of anilines is 2. The van der Waals surface area contributed by atoms with Crippen LogP contribution in [0.1, 0.15) is 83.0 Å². The Hall–Kier alpha value is -5.46. The molecule has 2 unspecified atom stereocenters. The van der Waals surface area contributed by atoms with Crippen LogP contribution in [-0.4, -0.2) is 69.9 Å². The molecule has 1 fully saturated rings. The summed E-state index contributed by atoms with van der Waals surface area (Å²) < 4.78 is 11.0. The number of aryl methyl sites for hydroxylation is 1. The maximum absolute atomic E-state index is 14.4. The van der Waals surface area contributed by atoms with Gasteiger partial charge in [-0.1, -0.05) is 37.1 Å². The number of hydrogen-bond acceptors (Lipinski definition) is 8. The average Bonchev–Trinajstić information content (AvgIpc) is 3.92. The number of rotatable bonds is 15. The number of para-hydroxylation sites is 1. The summed E-state index contributed by atoms with van der Waals surface area (Å²) in [6, 6.07) is 13.0. The maximum atomic E-state index is 14.4. The zero-order valence-corrected chi connectivity index (χ0v) is 31.0. The van der Waals surface area contributed by atoms with Crippen LogP contribution in [0.2, 0.25) is 0 Å². The third kappa shape index (κ3) is 11.0. The van der Waals surface area contributed by atoms with Crippen molar-refractivity contribution < 1.29 is 33.4 Å². The molecule has 1 heterocycles. The fraction of sp³-hybridized carbons (Fsp3) is 0.436. The van der Waals surface area contributed by atoms with Gasteiger partial charge in [0.1, 0.15) is 11.8 Å². The van der Waals surface area contributed by atoms with Crippen molar-refractivity contribution in [1.29, 1.82) is 0 Å². The Labute approximate surface area is 305 Å². The normalized spacial score (nSPS) is 13.7. The molecule has 2 aromatic carbocycles. The molecule has 0 radical (unpaired) electrons. The van der Waals surface area contributed by atoms with Gasteiger partial charge >= 0.3 is 18.0 Å². The van der Waals surface area contributed by atoms with E-state index in [4.69, 9.17) is 9.47 Å². The maximum Gasteiger partial charge on any atom is 0.327 e. The first kappa shape index (κ1) is 39.3. The number of ether oxygens (including phenoxy) is 2. The Bertz CT molecular complexity index is 1720. The number of pyridine rings is 1. The van der Waals surface area contributed by atoms with Gasteiger partial charge in [0.15, 0.2) is 0 Å². The minimum atomic E-state index is -1.12. The van der Waals surface area contributed by atoms with Crippen LogP contribution in [0.4, 0.5) is 21.0 Å². The molecule has 13 nitrogen and oxygen atoms in total. The van der Waals surface area contributed by atoms with E-state index in [9.17, 15) is 24.0 Å².